The van der Waals surface area contributed by atoms with Crippen molar-refractivity contribution in [3.05, 3.63) is 34.3 Å². The summed E-state index contributed by atoms with van der Waals surface area (Å²) in [6.07, 6.45) is -0.298. The Morgan fingerprint density at radius 3 is 2.95 bits per heavy atom. The van der Waals surface area contributed by atoms with Crippen LogP contribution in [0, 0.1) is 6.92 Å². The fourth-order valence-corrected chi connectivity index (χ4v) is 2.46. The van der Waals surface area contributed by atoms with Gasteiger partial charge in [0.2, 0.25) is 0 Å². The molecular formula is C14H18ClNO3. The third-order valence-electron chi connectivity index (χ3n) is 3.39. The molecule has 5 heteroatoms. The van der Waals surface area contributed by atoms with Crippen molar-refractivity contribution in [2.75, 3.05) is 19.8 Å². The number of aryl methyl sites for hydroxylation is 1. The Morgan fingerprint density at radius 2 is 2.32 bits per heavy atom. The van der Waals surface area contributed by atoms with Crippen LogP contribution in [0.5, 0.6) is 0 Å². The van der Waals surface area contributed by atoms with Crippen LogP contribution in [-0.4, -0.2) is 47.8 Å². The minimum atomic E-state index is -0.298. The van der Waals surface area contributed by atoms with Crippen molar-refractivity contribution in [2.45, 2.75) is 26.0 Å². The maximum atomic E-state index is 12.5. The highest BCUT2D eigenvalue weighted by atomic mass is 35.5. The number of aliphatic hydroxyl groups is 1. The molecule has 1 aliphatic rings. The van der Waals surface area contributed by atoms with Gasteiger partial charge >= 0.3 is 0 Å². The molecule has 4 nitrogen and oxygen atoms in total. The van der Waals surface area contributed by atoms with Gasteiger partial charge in [0.05, 0.1) is 25.4 Å². The summed E-state index contributed by atoms with van der Waals surface area (Å²) in [5, 5.41) is 9.78. The van der Waals surface area contributed by atoms with Gasteiger partial charge in [-0.2, -0.15) is 0 Å². The summed E-state index contributed by atoms with van der Waals surface area (Å²) in [4.78, 5) is 14.3. The number of rotatable bonds is 2. The van der Waals surface area contributed by atoms with Gasteiger partial charge in [-0.15, -0.1) is 0 Å². The monoisotopic (exact) mass is 283 g/mol. The van der Waals surface area contributed by atoms with Crippen LogP contribution in [0.4, 0.5) is 0 Å². The topological polar surface area (TPSA) is 49.8 Å². The van der Waals surface area contributed by atoms with Gasteiger partial charge in [-0.3, -0.25) is 4.79 Å². The average molecular weight is 284 g/mol. The number of carbonyl (C=O) groups is 1. The molecule has 1 saturated heterocycles. The van der Waals surface area contributed by atoms with Crippen molar-refractivity contribution in [1.82, 2.24) is 4.90 Å². The molecule has 19 heavy (non-hydrogen) atoms. The van der Waals surface area contributed by atoms with Crippen molar-refractivity contribution in [3.8, 4) is 0 Å². The molecule has 0 spiro atoms. The minimum absolute atomic E-state index is 0.00498. The molecule has 1 aliphatic heterocycles. The largest absolute Gasteiger partial charge is 0.394 e. The number of amides is 1. The summed E-state index contributed by atoms with van der Waals surface area (Å²) in [6.45, 7) is 4.60. The zero-order valence-corrected chi connectivity index (χ0v) is 11.9. The van der Waals surface area contributed by atoms with E-state index >= 15 is 0 Å². The number of morpholine rings is 1. The number of halogens is 1. The van der Waals surface area contributed by atoms with Crippen molar-refractivity contribution >= 4 is 17.5 Å². The van der Waals surface area contributed by atoms with Gasteiger partial charge in [-0.25, -0.2) is 0 Å². The van der Waals surface area contributed by atoms with E-state index in [0.717, 1.165) is 5.56 Å². The first-order chi connectivity index (χ1) is 9.02. The van der Waals surface area contributed by atoms with E-state index in [9.17, 15) is 4.79 Å². The summed E-state index contributed by atoms with van der Waals surface area (Å²) >= 11 is 5.90. The molecule has 0 aliphatic carbocycles. The molecular weight excluding hydrogens is 266 g/mol. The Morgan fingerprint density at radius 1 is 1.58 bits per heavy atom. The Hall–Kier alpha value is -1.10. The Kier molecular flexibility index (Phi) is 4.45. The molecule has 2 rings (SSSR count). The van der Waals surface area contributed by atoms with E-state index in [1.165, 1.54) is 0 Å². The van der Waals surface area contributed by atoms with E-state index in [-0.39, 0.29) is 24.7 Å². The third-order valence-corrected chi connectivity index (χ3v) is 3.62. The third kappa shape index (κ3) is 3.08. The number of ether oxygens (including phenoxy) is 1. The maximum Gasteiger partial charge on any atom is 0.254 e. The van der Waals surface area contributed by atoms with Crippen LogP contribution in [0.2, 0.25) is 5.02 Å². The number of carbonyl (C=O) groups excluding carboxylic acids is 1. The van der Waals surface area contributed by atoms with E-state index in [0.29, 0.717) is 23.7 Å². The van der Waals surface area contributed by atoms with Crippen molar-refractivity contribution in [3.63, 3.8) is 0 Å². The first kappa shape index (κ1) is 14.3. The SMILES string of the molecule is Cc1cc(Cl)ccc1C(=O)N1C[C@H](CO)OC[C@@H]1C. The Bertz CT molecular complexity index is 478. The fourth-order valence-electron chi connectivity index (χ4n) is 2.23. The van der Waals surface area contributed by atoms with Crippen molar-refractivity contribution in [2.24, 2.45) is 0 Å². The smallest absolute Gasteiger partial charge is 0.254 e. The first-order valence-corrected chi connectivity index (χ1v) is 6.70. The zero-order valence-electron chi connectivity index (χ0n) is 11.1. The van der Waals surface area contributed by atoms with E-state index in [2.05, 4.69) is 0 Å². The second kappa shape index (κ2) is 5.90. The molecule has 1 heterocycles. The first-order valence-electron chi connectivity index (χ1n) is 6.32. The number of hydrogen-bond acceptors (Lipinski definition) is 3. The molecule has 1 fully saturated rings. The van der Waals surface area contributed by atoms with Gasteiger partial charge in [0.15, 0.2) is 0 Å². The van der Waals surface area contributed by atoms with Crippen LogP contribution in [0.1, 0.15) is 22.8 Å². The standard InChI is InChI=1S/C14H18ClNO3/c1-9-5-11(15)3-4-13(9)14(18)16-6-12(7-17)19-8-10(16)2/h3-5,10,12,17H,6-8H2,1-2H3/t10-,12+/m0/s1. The quantitative estimate of drug-likeness (QED) is 0.901. The summed E-state index contributed by atoms with van der Waals surface area (Å²) in [7, 11) is 0. The van der Waals surface area contributed by atoms with E-state index in [1.54, 1.807) is 23.1 Å². The molecule has 2 atom stereocenters. The second-order valence-electron chi connectivity index (χ2n) is 4.90. The summed E-state index contributed by atoms with van der Waals surface area (Å²) in [6, 6.07) is 5.25. The minimum Gasteiger partial charge on any atom is -0.394 e. The molecule has 1 aromatic carbocycles. The van der Waals surface area contributed by atoms with Crippen molar-refractivity contribution in [1.29, 1.82) is 0 Å². The predicted octanol–water partition coefficient (Wildman–Crippen LogP) is 1.87. The maximum absolute atomic E-state index is 12.5. The predicted molar refractivity (Wildman–Crippen MR) is 73.5 cm³/mol. The number of hydrogen-bond donors (Lipinski definition) is 1. The highest BCUT2D eigenvalue weighted by Gasteiger charge is 2.30. The van der Waals surface area contributed by atoms with Crippen LogP contribution in [0.3, 0.4) is 0 Å². The van der Waals surface area contributed by atoms with Crippen LogP contribution >= 0.6 is 11.6 Å². The van der Waals surface area contributed by atoms with Gasteiger partial charge in [0.25, 0.3) is 5.91 Å². The van der Waals surface area contributed by atoms with E-state index in [4.69, 9.17) is 21.4 Å². The molecule has 0 radical (unpaired) electrons. The molecule has 1 aromatic rings. The molecule has 104 valence electrons. The lowest BCUT2D eigenvalue weighted by atomic mass is 10.1. The average Bonchev–Trinajstić information content (AvgIpc) is 2.38. The molecule has 0 bridgehead atoms. The molecule has 0 unspecified atom stereocenters. The van der Waals surface area contributed by atoms with Gasteiger partial charge < -0.3 is 14.7 Å². The second-order valence-corrected chi connectivity index (χ2v) is 5.34. The fraction of sp³-hybridized carbons (Fsp3) is 0.500. The van der Waals surface area contributed by atoms with Gasteiger partial charge in [-0.1, -0.05) is 11.6 Å². The lowest BCUT2D eigenvalue weighted by molar-refractivity contribution is -0.0667. The lowest BCUT2D eigenvalue weighted by Crippen LogP contribution is -2.52. The zero-order chi connectivity index (χ0) is 14.0. The normalized spacial score (nSPS) is 23.5. The highest BCUT2D eigenvalue weighted by Crippen LogP contribution is 2.20. The molecule has 1 amide bonds. The molecule has 0 saturated carbocycles. The lowest BCUT2D eigenvalue weighted by Gasteiger charge is -2.37. The summed E-state index contributed by atoms with van der Waals surface area (Å²) in [5.41, 5.74) is 1.51. The van der Waals surface area contributed by atoms with Gasteiger partial charge in [0, 0.05) is 17.1 Å². The highest BCUT2D eigenvalue weighted by molar-refractivity contribution is 6.30. The van der Waals surface area contributed by atoms with Crippen LogP contribution in [0.25, 0.3) is 0 Å². The Labute approximate surface area is 117 Å². The van der Waals surface area contributed by atoms with Gasteiger partial charge in [0.1, 0.15) is 0 Å². The summed E-state index contributed by atoms with van der Waals surface area (Å²) < 4.78 is 5.44. The van der Waals surface area contributed by atoms with Crippen LogP contribution < -0.4 is 0 Å². The summed E-state index contributed by atoms with van der Waals surface area (Å²) in [5.74, 6) is -0.0385. The van der Waals surface area contributed by atoms with Crippen LogP contribution in [-0.2, 0) is 4.74 Å². The van der Waals surface area contributed by atoms with Crippen molar-refractivity contribution < 1.29 is 14.6 Å². The van der Waals surface area contributed by atoms with E-state index < -0.39 is 0 Å². The molecule has 1 N–H and O–H groups in total. The molecule has 0 aromatic heterocycles. The van der Waals surface area contributed by atoms with E-state index in [1.807, 2.05) is 13.8 Å². The number of aliphatic hydroxyl groups excluding tert-OH is 1. The Balaban J connectivity index is 2.22. The van der Waals surface area contributed by atoms with Crippen LogP contribution in [0.15, 0.2) is 18.2 Å². The number of nitrogens with zero attached hydrogens (tertiary/aromatic N) is 1. The number of benzene rings is 1. The van der Waals surface area contributed by atoms with Gasteiger partial charge in [-0.05, 0) is 37.6 Å².